The van der Waals surface area contributed by atoms with Crippen LogP contribution in [0, 0.1) is 35.9 Å². The number of nitrogens with zero attached hydrogens (tertiary/aromatic N) is 5. The molecule has 3 heterocycles. The van der Waals surface area contributed by atoms with E-state index in [-0.39, 0.29) is 50.2 Å². The van der Waals surface area contributed by atoms with Crippen molar-refractivity contribution in [2.75, 3.05) is 13.7 Å². The Morgan fingerprint density at radius 1 is 1.23 bits per heavy atom. The monoisotopic (exact) mass is 643 g/mol. The van der Waals surface area contributed by atoms with Crippen molar-refractivity contribution in [3.63, 3.8) is 0 Å². The van der Waals surface area contributed by atoms with Crippen LogP contribution in [0.25, 0.3) is 15.2 Å². The van der Waals surface area contributed by atoms with Gasteiger partial charge in [-0.25, -0.2) is 18.4 Å². The number of aromatic nitrogens is 4. The molecule has 1 aromatic carbocycles. The van der Waals surface area contributed by atoms with Gasteiger partial charge in [0, 0.05) is 29.9 Å². The molecule has 44 heavy (non-hydrogen) atoms. The molecular weight excluding hydrogens is 606 g/mol. The van der Waals surface area contributed by atoms with Crippen molar-refractivity contribution in [2.24, 2.45) is 11.8 Å². The predicted octanol–water partition coefficient (Wildman–Crippen LogP) is 5.25. The standard InChI is InChI=1S/C31H36FN5O5S.H2S/c1-18(2)13-25(38)31(5,6)37-27(39)26-20(4)28(36-12-8-11-34-36)43-29(26)35(30(37)40)16-24(42-17-19(3)15-33)22-14-21(32)9-10-23(22)41-7;/h8-12,14,18-19,24H,13,16-17H2,1-7H3;1H2/t19-,24-;/m0./s1. The maximum Gasteiger partial charge on any atom is 0.333 e. The lowest BCUT2D eigenvalue weighted by atomic mass is 9.91. The Labute approximate surface area is 266 Å². The van der Waals surface area contributed by atoms with E-state index in [1.165, 1.54) is 41.2 Å². The number of nitriles is 1. The van der Waals surface area contributed by atoms with E-state index in [1.54, 1.807) is 50.8 Å². The second kappa shape index (κ2) is 13.9. The smallest absolute Gasteiger partial charge is 0.333 e. The molecule has 13 heteroatoms. The van der Waals surface area contributed by atoms with Gasteiger partial charge < -0.3 is 9.47 Å². The Hall–Kier alpha value is -3.73. The largest absolute Gasteiger partial charge is 0.496 e. The van der Waals surface area contributed by atoms with E-state index in [0.717, 1.165) is 4.57 Å². The summed E-state index contributed by atoms with van der Waals surface area (Å²) in [6.45, 7) is 10.3. The number of methoxy groups -OCH3 is 1. The molecular formula is C31H38FN5O5S2. The van der Waals surface area contributed by atoms with Gasteiger partial charge in [-0.2, -0.15) is 23.9 Å². The lowest BCUT2D eigenvalue weighted by Crippen LogP contribution is -2.53. The molecule has 3 aromatic heterocycles. The van der Waals surface area contributed by atoms with Gasteiger partial charge in [-0.3, -0.25) is 14.2 Å². The van der Waals surface area contributed by atoms with E-state index in [9.17, 15) is 24.0 Å². The number of Topliss-reactive ketones (excluding diaryl/α,β-unsaturated/α-hetero) is 1. The van der Waals surface area contributed by atoms with Crippen LogP contribution in [0.1, 0.15) is 58.3 Å². The number of halogens is 1. The van der Waals surface area contributed by atoms with Crippen molar-refractivity contribution in [2.45, 2.75) is 66.2 Å². The maximum atomic E-state index is 14.5. The Balaban J connectivity index is 0.00000529. The minimum Gasteiger partial charge on any atom is -0.496 e. The minimum absolute atomic E-state index is 0. The molecule has 10 nitrogen and oxygen atoms in total. The number of carbonyl (C=O) groups is 1. The Kier molecular flexibility index (Phi) is 11.0. The first kappa shape index (κ1) is 34.8. The van der Waals surface area contributed by atoms with Crippen molar-refractivity contribution < 1.29 is 18.7 Å². The molecule has 4 rings (SSSR count). The van der Waals surface area contributed by atoms with E-state index in [1.807, 2.05) is 13.8 Å². The van der Waals surface area contributed by atoms with Crippen molar-refractivity contribution in [1.82, 2.24) is 18.9 Å². The average molecular weight is 644 g/mol. The van der Waals surface area contributed by atoms with Gasteiger partial charge in [0.15, 0.2) is 5.78 Å². The number of fused-ring (bicyclic) bond motifs is 1. The summed E-state index contributed by atoms with van der Waals surface area (Å²) < 4.78 is 30.2. The molecule has 0 aliphatic carbocycles. The number of hydrogen-bond acceptors (Lipinski definition) is 8. The van der Waals surface area contributed by atoms with Crippen LogP contribution in [0.15, 0.2) is 46.2 Å². The average Bonchev–Trinajstić information content (AvgIpc) is 3.60. The molecule has 0 amide bonds. The lowest BCUT2D eigenvalue weighted by molar-refractivity contribution is -0.127. The fourth-order valence-electron chi connectivity index (χ4n) is 5.00. The third kappa shape index (κ3) is 6.67. The highest BCUT2D eigenvalue weighted by Crippen LogP contribution is 2.35. The van der Waals surface area contributed by atoms with E-state index in [2.05, 4.69) is 11.2 Å². The summed E-state index contributed by atoms with van der Waals surface area (Å²) in [4.78, 5) is 42.3. The van der Waals surface area contributed by atoms with Crippen LogP contribution in [0.4, 0.5) is 4.39 Å². The van der Waals surface area contributed by atoms with Crippen LogP contribution in [0.3, 0.4) is 0 Å². The molecule has 0 bridgehead atoms. The number of aryl methyl sites for hydroxylation is 1. The number of thiophene rings is 1. The second-order valence-electron chi connectivity index (χ2n) is 11.5. The molecule has 0 radical (unpaired) electrons. The highest BCUT2D eigenvalue weighted by molar-refractivity contribution is 7.59. The van der Waals surface area contributed by atoms with Gasteiger partial charge in [-0.15, -0.1) is 0 Å². The zero-order chi connectivity index (χ0) is 31.6. The third-order valence-electron chi connectivity index (χ3n) is 7.39. The molecule has 0 spiro atoms. The quantitative estimate of drug-likeness (QED) is 0.207. The number of ketones is 1. The first-order valence-corrected chi connectivity index (χ1v) is 14.8. The van der Waals surface area contributed by atoms with Crippen LogP contribution in [-0.4, -0.2) is 38.4 Å². The van der Waals surface area contributed by atoms with Crippen LogP contribution in [0.2, 0.25) is 0 Å². The van der Waals surface area contributed by atoms with Crippen molar-refractivity contribution in [1.29, 1.82) is 5.26 Å². The van der Waals surface area contributed by atoms with E-state index >= 15 is 0 Å². The molecule has 236 valence electrons. The fourth-order valence-corrected chi connectivity index (χ4v) is 6.25. The van der Waals surface area contributed by atoms with Gasteiger partial charge in [-0.1, -0.05) is 25.2 Å². The molecule has 0 aliphatic heterocycles. The van der Waals surface area contributed by atoms with E-state index in [0.29, 0.717) is 26.7 Å². The van der Waals surface area contributed by atoms with Crippen molar-refractivity contribution in [3.8, 4) is 16.8 Å². The Morgan fingerprint density at radius 3 is 2.52 bits per heavy atom. The Morgan fingerprint density at radius 2 is 1.93 bits per heavy atom. The summed E-state index contributed by atoms with van der Waals surface area (Å²) in [6, 6.07) is 7.85. The topological polar surface area (TPSA) is 121 Å². The van der Waals surface area contributed by atoms with Gasteiger partial charge in [0.25, 0.3) is 5.56 Å². The van der Waals surface area contributed by atoms with E-state index < -0.39 is 34.6 Å². The molecule has 0 fully saturated rings. The van der Waals surface area contributed by atoms with Crippen LogP contribution < -0.4 is 16.0 Å². The number of hydrogen-bond donors (Lipinski definition) is 0. The summed E-state index contributed by atoms with van der Waals surface area (Å²) in [5, 5.41) is 14.6. The number of carbonyl (C=O) groups excluding carboxylic acids is 1. The summed E-state index contributed by atoms with van der Waals surface area (Å²) >= 11 is 1.21. The SMILES string of the molecule is COc1ccc(F)cc1[C@H](Cn1c(=O)n(C(C)(C)C(=O)CC(C)C)c(=O)c2c(C)c(-n3cccn3)sc21)OC[C@@H](C)C#N.S. The van der Waals surface area contributed by atoms with Gasteiger partial charge in [0.05, 0.1) is 37.6 Å². The van der Waals surface area contributed by atoms with Crippen molar-refractivity contribution in [3.05, 3.63) is 74.4 Å². The molecule has 0 unspecified atom stereocenters. The minimum atomic E-state index is -1.46. The molecule has 4 aromatic rings. The third-order valence-corrected chi connectivity index (χ3v) is 8.69. The van der Waals surface area contributed by atoms with Crippen molar-refractivity contribution >= 4 is 40.8 Å². The number of ether oxygens (including phenoxy) is 2. The summed E-state index contributed by atoms with van der Waals surface area (Å²) in [5.74, 6) is -0.928. The summed E-state index contributed by atoms with van der Waals surface area (Å²) in [5.41, 5.74) is -1.81. The normalized spacial score (nSPS) is 13.0. The Bertz CT molecular complexity index is 1800. The molecule has 0 aliphatic rings. The maximum absolute atomic E-state index is 14.5. The summed E-state index contributed by atoms with van der Waals surface area (Å²) in [6.07, 6.45) is 2.58. The fraction of sp³-hybridized carbons (Fsp3) is 0.452. The van der Waals surface area contributed by atoms with Gasteiger partial charge in [0.2, 0.25) is 0 Å². The second-order valence-corrected chi connectivity index (χ2v) is 12.5. The highest BCUT2D eigenvalue weighted by Gasteiger charge is 2.36. The number of benzene rings is 1. The van der Waals surface area contributed by atoms with Gasteiger partial charge in [0.1, 0.15) is 33.0 Å². The van der Waals surface area contributed by atoms with E-state index in [4.69, 9.17) is 9.47 Å². The molecule has 0 N–H and O–H groups in total. The zero-order valence-corrected chi connectivity index (χ0v) is 27.7. The summed E-state index contributed by atoms with van der Waals surface area (Å²) in [7, 11) is 1.44. The van der Waals surface area contributed by atoms with Crippen LogP contribution in [0.5, 0.6) is 5.75 Å². The van der Waals surface area contributed by atoms with Gasteiger partial charge in [-0.05, 0) is 57.9 Å². The molecule has 2 atom stereocenters. The highest BCUT2D eigenvalue weighted by atomic mass is 32.1. The first-order valence-electron chi connectivity index (χ1n) is 14.0. The van der Waals surface area contributed by atoms with Gasteiger partial charge >= 0.3 is 5.69 Å². The molecule has 0 saturated heterocycles. The number of rotatable bonds is 12. The lowest BCUT2D eigenvalue weighted by Gasteiger charge is -2.28. The van der Waals surface area contributed by atoms with Crippen LogP contribution >= 0.6 is 24.8 Å². The zero-order valence-electron chi connectivity index (χ0n) is 25.9. The molecule has 0 saturated carbocycles. The predicted molar refractivity (Wildman–Crippen MR) is 173 cm³/mol. The van der Waals surface area contributed by atoms with Crippen LogP contribution in [-0.2, 0) is 21.6 Å². The first-order chi connectivity index (χ1) is 20.3.